The van der Waals surface area contributed by atoms with Gasteiger partial charge >= 0.3 is 6.03 Å². The Morgan fingerprint density at radius 3 is 2.74 bits per heavy atom. The van der Waals surface area contributed by atoms with E-state index < -0.39 is 0 Å². The predicted octanol–water partition coefficient (Wildman–Crippen LogP) is 4.31. The molecule has 11 heteroatoms. The molecule has 0 radical (unpaired) electrons. The lowest BCUT2D eigenvalue weighted by Crippen LogP contribution is -2.24. The average Bonchev–Trinajstić information content (AvgIpc) is 3.31. The van der Waals surface area contributed by atoms with Crippen LogP contribution < -0.4 is 16.0 Å². The van der Waals surface area contributed by atoms with Crippen molar-refractivity contribution in [2.75, 3.05) is 16.4 Å². The Morgan fingerprint density at radius 2 is 1.96 bits per heavy atom. The Balaban J connectivity index is 1.41. The number of nitrogens with one attached hydrogen (secondary N) is 3. The van der Waals surface area contributed by atoms with Gasteiger partial charge in [0.25, 0.3) is 0 Å². The van der Waals surface area contributed by atoms with Crippen molar-refractivity contribution in [1.29, 1.82) is 0 Å². The van der Waals surface area contributed by atoms with Crippen molar-refractivity contribution in [3.05, 3.63) is 52.4 Å². The molecule has 3 amide bonds. The standard InChI is InChI=1S/C16H14ClN5O2S3/c17-11-5-2-1-4-10(11)8-18-12(23)9-26-16-22-21-15(27-16)20-14(24)19-13-6-3-7-25-13/h1-7H,8-9H2,(H,18,23)(H2,19,20,21,24). The van der Waals surface area contributed by atoms with E-state index in [2.05, 4.69) is 26.1 Å². The lowest BCUT2D eigenvalue weighted by Gasteiger charge is -2.05. The van der Waals surface area contributed by atoms with Gasteiger partial charge in [-0.1, -0.05) is 52.9 Å². The molecule has 0 bridgehead atoms. The summed E-state index contributed by atoms with van der Waals surface area (Å²) in [4.78, 5) is 23.8. The summed E-state index contributed by atoms with van der Waals surface area (Å²) in [6.07, 6.45) is 0. The van der Waals surface area contributed by atoms with Gasteiger partial charge < -0.3 is 5.32 Å². The largest absolute Gasteiger partial charge is 0.351 e. The first-order chi connectivity index (χ1) is 13.1. The van der Waals surface area contributed by atoms with E-state index in [1.807, 2.05) is 29.6 Å². The van der Waals surface area contributed by atoms with Crippen molar-refractivity contribution in [3.8, 4) is 0 Å². The molecule has 0 fully saturated rings. The summed E-state index contributed by atoms with van der Waals surface area (Å²) in [7, 11) is 0. The van der Waals surface area contributed by atoms with Crippen LogP contribution in [-0.4, -0.2) is 27.9 Å². The number of carbonyl (C=O) groups excluding carboxylic acids is 2. The second kappa shape index (κ2) is 9.70. The number of thioether (sulfide) groups is 1. The number of hydrogen-bond donors (Lipinski definition) is 3. The maximum absolute atomic E-state index is 12.0. The van der Waals surface area contributed by atoms with Gasteiger partial charge in [0.2, 0.25) is 11.0 Å². The third-order valence-corrected chi connectivity index (χ3v) is 6.27. The predicted molar refractivity (Wildman–Crippen MR) is 111 cm³/mol. The van der Waals surface area contributed by atoms with Crippen LogP contribution in [0.4, 0.5) is 14.9 Å². The van der Waals surface area contributed by atoms with Crippen molar-refractivity contribution in [1.82, 2.24) is 15.5 Å². The molecular weight excluding hydrogens is 426 g/mol. The molecule has 2 heterocycles. The van der Waals surface area contributed by atoms with E-state index >= 15 is 0 Å². The summed E-state index contributed by atoms with van der Waals surface area (Å²) in [5.41, 5.74) is 0.858. The number of hydrogen-bond acceptors (Lipinski definition) is 7. The number of nitrogens with zero attached hydrogens (tertiary/aromatic N) is 2. The third kappa shape index (κ3) is 6.21. The zero-order valence-corrected chi connectivity index (χ0v) is 17.0. The van der Waals surface area contributed by atoms with Gasteiger partial charge in [0.15, 0.2) is 4.34 Å². The molecule has 3 N–H and O–H groups in total. The summed E-state index contributed by atoms with van der Waals surface area (Å²) < 4.78 is 0.592. The SMILES string of the molecule is O=C(CSc1nnc(NC(=O)Nc2cccs2)s1)NCc1ccccc1Cl. The molecule has 2 aromatic heterocycles. The maximum atomic E-state index is 12.0. The highest BCUT2D eigenvalue weighted by Crippen LogP contribution is 2.25. The number of urea groups is 1. The number of amides is 3. The van der Waals surface area contributed by atoms with E-state index in [0.29, 0.717) is 21.0 Å². The van der Waals surface area contributed by atoms with Gasteiger partial charge in [-0.2, -0.15) is 0 Å². The number of carbonyl (C=O) groups is 2. The van der Waals surface area contributed by atoms with Gasteiger partial charge in [0, 0.05) is 11.6 Å². The minimum absolute atomic E-state index is 0.139. The molecule has 0 unspecified atom stereocenters. The van der Waals surface area contributed by atoms with Crippen LogP contribution in [-0.2, 0) is 11.3 Å². The fourth-order valence-electron chi connectivity index (χ4n) is 1.92. The van der Waals surface area contributed by atoms with E-state index in [1.165, 1.54) is 34.4 Å². The highest BCUT2D eigenvalue weighted by Gasteiger charge is 2.11. The molecule has 0 atom stereocenters. The van der Waals surface area contributed by atoms with Crippen LogP contribution >= 0.6 is 46.0 Å². The van der Waals surface area contributed by atoms with Crippen LogP contribution in [0, 0.1) is 0 Å². The highest BCUT2D eigenvalue weighted by molar-refractivity contribution is 8.01. The van der Waals surface area contributed by atoms with E-state index in [0.717, 1.165) is 10.6 Å². The molecule has 27 heavy (non-hydrogen) atoms. The van der Waals surface area contributed by atoms with Crippen LogP contribution in [0.1, 0.15) is 5.56 Å². The summed E-state index contributed by atoms with van der Waals surface area (Å²) in [6.45, 7) is 0.366. The van der Waals surface area contributed by atoms with Crippen molar-refractivity contribution >= 4 is 68.1 Å². The van der Waals surface area contributed by atoms with Crippen LogP contribution in [0.15, 0.2) is 46.1 Å². The van der Waals surface area contributed by atoms with Crippen molar-refractivity contribution in [2.24, 2.45) is 0 Å². The van der Waals surface area contributed by atoms with E-state index in [9.17, 15) is 9.59 Å². The molecule has 7 nitrogen and oxygen atoms in total. The number of benzene rings is 1. The first-order valence-electron chi connectivity index (χ1n) is 7.68. The summed E-state index contributed by atoms with van der Waals surface area (Å²) in [5.74, 6) is 0.0561. The molecule has 0 saturated carbocycles. The van der Waals surface area contributed by atoms with Gasteiger partial charge in [-0.15, -0.1) is 21.5 Å². The minimum atomic E-state index is -0.386. The number of halogens is 1. The van der Waals surface area contributed by atoms with Gasteiger partial charge in [0.1, 0.15) is 0 Å². The fraction of sp³-hybridized carbons (Fsp3) is 0.125. The summed E-state index contributed by atoms with van der Waals surface area (Å²) in [6, 6.07) is 10.6. The van der Waals surface area contributed by atoms with Crippen molar-refractivity contribution in [3.63, 3.8) is 0 Å². The molecule has 0 aliphatic heterocycles. The molecule has 0 aliphatic carbocycles. The summed E-state index contributed by atoms with van der Waals surface area (Å²) >= 11 is 9.93. The first-order valence-corrected chi connectivity index (χ1v) is 10.7. The summed E-state index contributed by atoms with van der Waals surface area (Å²) in [5, 5.41) is 19.6. The molecule has 3 aromatic rings. The average molecular weight is 440 g/mol. The molecule has 0 spiro atoms. The molecule has 1 aromatic carbocycles. The topological polar surface area (TPSA) is 96.0 Å². The van der Waals surface area contributed by atoms with Crippen LogP contribution in [0.3, 0.4) is 0 Å². The normalized spacial score (nSPS) is 10.4. The maximum Gasteiger partial charge on any atom is 0.326 e. The first kappa shape index (κ1) is 19.6. The van der Waals surface area contributed by atoms with E-state index in [1.54, 1.807) is 12.1 Å². The molecule has 140 valence electrons. The number of aromatic nitrogens is 2. The van der Waals surface area contributed by atoms with Gasteiger partial charge in [-0.25, -0.2) is 4.79 Å². The number of rotatable bonds is 7. The lowest BCUT2D eigenvalue weighted by atomic mass is 10.2. The van der Waals surface area contributed by atoms with Crippen LogP contribution in [0.2, 0.25) is 5.02 Å². The zero-order valence-electron chi connectivity index (χ0n) is 13.8. The van der Waals surface area contributed by atoms with E-state index in [4.69, 9.17) is 11.6 Å². The Bertz CT molecular complexity index is 916. The van der Waals surface area contributed by atoms with Gasteiger partial charge in [-0.3, -0.25) is 15.4 Å². The number of anilines is 2. The minimum Gasteiger partial charge on any atom is -0.351 e. The monoisotopic (exact) mass is 439 g/mol. The fourth-order valence-corrected chi connectivity index (χ4v) is 4.31. The molecule has 0 saturated heterocycles. The smallest absolute Gasteiger partial charge is 0.326 e. The molecular formula is C16H14ClN5O2S3. The quantitative estimate of drug-likeness (QED) is 0.376. The van der Waals surface area contributed by atoms with Crippen molar-refractivity contribution < 1.29 is 9.59 Å². The van der Waals surface area contributed by atoms with Gasteiger partial charge in [0.05, 0.1) is 10.8 Å². The van der Waals surface area contributed by atoms with Crippen molar-refractivity contribution in [2.45, 2.75) is 10.9 Å². The van der Waals surface area contributed by atoms with Gasteiger partial charge in [-0.05, 0) is 29.1 Å². The molecule has 0 aliphatic rings. The Kier molecular flexibility index (Phi) is 7.04. The lowest BCUT2D eigenvalue weighted by molar-refractivity contribution is -0.118. The van der Waals surface area contributed by atoms with Crippen LogP contribution in [0.5, 0.6) is 0 Å². The second-order valence-corrected chi connectivity index (χ2v) is 8.64. The third-order valence-electron chi connectivity index (χ3n) is 3.15. The second-order valence-electron chi connectivity index (χ2n) is 5.09. The Hall–Kier alpha value is -2.14. The van der Waals surface area contributed by atoms with E-state index in [-0.39, 0.29) is 17.7 Å². The van der Waals surface area contributed by atoms with Crippen LogP contribution in [0.25, 0.3) is 0 Å². The Labute approximate surface area is 172 Å². The highest BCUT2D eigenvalue weighted by atomic mass is 35.5. The Morgan fingerprint density at radius 1 is 1.11 bits per heavy atom. The molecule has 3 rings (SSSR count). The zero-order chi connectivity index (χ0) is 19.1. The number of thiophene rings is 1.